The van der Waals surface area contributed by atoms with Gasteiger partial charge in [0.15, 0.2) is 0 Å². The largest absolute Gasteiger partial charge is 0.379 e. The SMILES string of the molecule is CO[C@@H]1CO[C@]2(CCCN(S(=O)(=O)c3ccccc3)C2)C1. The van der Waals surface area contributed by atoms with Crippen molar-refractivity contribution in [2.75, 3.05) is 26.8 Å². The van der Waals surface area contributed by atoms with Crippen molar-refractivity contribution in [3.63, 3.8) is 0 Å². The molecule has 2 aliphatic heterocycles. The van der Waals surface area contributed by atoms with Gasteiger partial charge >= 0.3 is 0 Å². The summed E-state index contributed by atoms with van der Waals surface area (Å²) >= 11 is 0. The number of sulfonamides is 1. The second kappa shape index (κ2) is 5.68. The third-order valence-electron chi connectivity index (χ3n) is 4.39. The second-order valence-electron chi connectivity index (χ2n) is 5.81. The van der Waals surface area contributed by atoms with Crippen LogP contribution in [-0.4, -0.2) is 51.2 Å². The van der Waals surface area contributed by atoms with E-state index in [0.29, 0.717) is 24.6 Å². The van der Waals surface area contributed by atoms with E-state index in [1.54, 1.807) is 35.7 Å². The number of rotatable bonds is 3. The number of methoxy groups -OCH3 is 1. The summed E-state index contributed by atoms with van der Waals surface area (Å²) < 4.78 is 38.3. The first-order valence-electron chi connectivity index (χ1n) is 7.28. The van der Waals surface area contributed by atoms with Crippen molar-refractivity contribution in [3.05, 3.63) is 30.3 Å². The lowest BCUT2D eigenvalue weighted by atomic mass is 9.90. The molecular weight excluding hydrogens is 290 g/mol. The lowest BCUT2D eigenvalue weighted by molar-refractivity contribution is -0.0346. The molecule has 2 aliphatic rings. The van der Waals surface area contributed by atoms with Gasteiger partial charge in [0, 0.05) is 26.6 Å². The Morgan fingerprint density at radius 1 is 1.33 bits per heavy atom. The van der Waals surface area contributed by atoms with Crippen LogP contribution >= 0.6 is 0 Å². The predicted octanol–water partition coefficient (Wildman–Crippen LogP) is 1.65. The minimum absolute atomic E-state index is 0.0735. The van der Waals surface area contributed by atoms with Crippen molar-refractivity contribution in [1.82, 2.24) is 4.31 Å². The van der Waals surface area contributed by atoms with E-state index in [1.165, 1.54) is 0 Å². The fourth-order valence-corrected chi connectivity index (χ4v) is 4.82. The Hall–Kier alpha value is -0.950. The molecule has 0 saturated carbocycles. The van der Waals surface area contributed by atoms with Gasteiger partial charge in [-0.25, -0.2) is 8.42 Å². The molecule has 0 aliphatic carbocycles. The standard InChI is InChI=1S/C15H21NO4S/c1-19-13-10-15(20-11-13)8-5-9-16(12-15)21(17,18)14-6-3-2-4-7-14/h2-4,6-7,13H,5,8-12H2,1H3/t13-,15+/m0/s1. The number of nitrogens with zero attached hydrogens (tertiary/aromatic N) is 1. The van der Waals surface area contributed by atoms with Gasteiger partial charge in [0.25, 0.3) is 0 Å². The predicted molar refractivity (Wildman–Crippen MR) is 78.5 cm³/mol. The van der Waals surface area contributed by atoms with Crippen molar-refractivity contribution in [2.24, 2.45) is 0 Å². The molecule has 3 rings (SSSR count). The zero-order valence-corrected chi connectivity index (χ0v) is 13.0. The first-order chi connectivity index (χ1) is 10.1. The Balaban J connectivity index is 1.81. The normalized spacial score (nSPS) is 30.8. The van der Waals surface area contributed by atoms with E-state index in [2.05, 4.69) is 0 Å². The van der Waals surface area contributed by atoms with Crippen molar-refractivity contribution in [3.8, 4) is 0 Å². The Morgan fingerprint density at radius 2 is 2.10 bits per heavy atom. The quantitative estimate of drug-likeness (QED) is 0.851. The van der Waals surface area contributed by atoms with Crippen LogP contribution in [0, 0.1) is 0 Å². The highest BCUT2D eigenvalue weighted by Gasteiger charge is 2.46. The maximum atomic E-state index is 12.7. The molecule has 116 valence electrons. The van der Waals surface area contributed by atoms with Crippen molar-refractivity contribution >= 4 is 10.0 Å². The maximum Gasteiger partial charge on any atom is 0.243 e. The highest BCUT2D eigenvalue weighted by atomic mass is 32.2. The molecule has 2 atom stereocenters. The summed E-state index contributed by atoms with van der Waals surface area (Å²) in [4.78, 5) is 0.350. The molecule has 0 N–H and O–H groups in total. The zero-order valence-electron chi connectivity index (χ0n) is 12.2. The van der Waals surface area contributed by atoms with Crippen LogP contribution in [0.25, 0.3) is 0 Å². The number of benzene rings is 1. The number of hydrogen-bond acceptors (Lipinski definition) is 4. The summed E-state index contributed by atoms with van der Waals surface area (Å²) in [6.45, 7) is 1.53. The molecule has 2 saturated heterocycles. The highest BCUT2D eigenvalue weighted by Crippen LogP contribution is 2.37. The van der Waals surface area contributed by atoms with Crippen molar-refractivity contribution < 1.29 is 17.9 Å². The summed E-state index contributed by atoms with van der Waals surface area (Å²) in [5.74, 6) is 0. The van der Waals surface area contributed by atoms with Crippen molar-refractivity contribution in [2.45, 2.75) is 35.9 Å². The van der Waals surface area contributed by atoms with Gasteiger partial charge < -0.3 is 9.47 Å². The fraction of sp³-hybridized carbons (Fsp3) is 0.600. The molecule has 2 fully saturated rings. The van der Waals surface area contributed by atoms with Gasteiger partial charge in [-0.05, 0) is 25.0 Å². The molecule has 5 nitrogen and oxygen atoms in total. The molecule has 21 heavy (non-hydrogen) atoms. The first-order valence-corrected chi connectivity index (χ1v) is 8.72. The van der Waals surface area contributed by atoms with E-state index >= 15 is 0 Å². The third-order valence-corrected chi connectivity index (χ3v) is 6.25. The van der Waals surface area contributed by atoms with Gasteiger partial charge in [0.05, 0.1) is 23.2 Å². The van der Waals surface area contributed by atoms with Gasteiger partial charge in [-0.2, -0.15) is 4.31 Å². The van der Waals surface area contributed by atoms with E-state index in [-0.39, 0.29) is 11.7 Å². The maximum absolute atomic E-state index is 12.7. The summed E-state index contributed by atoms with van der Waals surface area (Å²) in [7, 11) is -1.76. The number of piperidine rings is 1. The van der Waals surface area contributed by atoms with Crippen LogP contribution in [0.15, 0.2) is 35.2 Å². The van der Waals surface area contributed by atoms with Crippen LogP contribution in [-0.2, 0) is 19.5 Å². The van der Waals surface area contributed by atoms with Gasteiger partial charge in [0.2, 0.25) is 10.0 Å². The molecule has 1 aromatic rings. The average molecular weight is 311 g/mol. The molecule has 0 bridgehead atoms. The minimum Gasteiger partial charge on any atom is -0.379 e. The third kappa shape index (κ3) is 2.85. The lowest BCUT2D eigenvalue weighted by Crippen LogP contribution is -2.50. The topological polar surface area (TPSA) is 55.8 Å². The highest BCUT2D eigenvalue weighted by molar-refractivity contribution is 7.89. The molecule has 1 spiro atoms. The fourth-order valence-electron chi connectivity index (χ4n) is 3.24. The Kier molecular flexibility index (Phi) is 4.05. The van der Waals surface area contributed by atoms with Crippen molar-refractivity contribution in [1.29, 1.82) is 0 Å². The van der Waals surface area contributed by atoms with Crippen LogP contribution < -0.4 is 0 Å². The average Bonchev–Trinajstić information content (AvgIpc) is 2.91. The van der Waals surface area contributed by atoms with Gasteiger partial charge in [-0.3, -0.25) is 0 Å². The van der Waals surface area contributed by atoms with E-state index in [1.807, 2.05) is 6.07 Å². The lowest BCUT2D eigenvalue weighted by Gasteiger charge is -2.38. The number of hydrogen-bond donors (Lipinski definition) is 0. The van der Waals surface area contributed by atoms with E-state index in [9.17, 15) is 8.42 Å². The molecular formula is C15H21NO4S. The van der Waals surface area contributed by atoms with Gasteiger partial charge in [-0.1, -0.05) is 18.2 Å². The van der Waals surface area contributed by atoms with Gasteiger partial charge in [0.1, 0.15) is 0 Å². The summed E-state index contributed by atoms with van der Waals surface area (Å²) in [6.07, 6.45) is 2.56. The molecule has 0 radical (unpaired) electrons. The van der Waals surface area contributed by atoms with Gasteiger partial charge in [-0.15, -0.1) is 0 Å². The Bertz CT molecular complexity index is 589. The first kappa shape index (κ1) is 15.0. The molecule has 0 unspecified atom stereocenters. The molecule has 0 amide bonds. The molecule has 2 heterocycles. The van der Waals surface area contributed by atoms with Crippen LogP contribution in [0.5, 0.6) is 0 Å². The zero-order chi connectivity index (χ0) is 14.9. The summed E-state index contributed by atoms with van der Waals surface area (Å²) in [6, 6.07) is 8.60. The summed E-state index contributed by atoms with van der Waals surface area (Å²) in [5.41, 5.74) is -0.374. The second-order valence-corrected chi connectivity index (χ2v) is 7.75. The molecule has 0 aromatic heterocycles. The Morgan fingerprint density at radius 3 is 2.76 bits per heavy atom. The summed E-state index contributed by atoms with van der Waals surface area (Å²) in [5, 5.41) is 0. The smallest absolute Gasteiger partial charge is 0.243 e. The monoisotopic (exact) mass is 311 g/mol. The van der Waals surface area contributed by atoms with Crippen LogP contribution in [0.3, 0.4) is 0 Å². The van der Waals surface area contributed by atoms with E-state index in [0.717, 1.165) is 19.3 Å². The molecule has 1 aromatic carbocycles. The van der Waals surface area contributed by atoms with Crippen LogP contribution in [0.4, 0.5) is 0 Å². The minimum atomic E-state index is -3.44. The van der Waals surface area contributed by atoms with Crippen LogP contribution in [0.2, 0.25) is 0 Å². The number of ether oxygens (including phenoxy) is 2. The molecule has 6 heteroatoms. The Labute approximate surface area is 125 Å². The van der Waals surface area contributed by atoms with Crippen LogP contribution in [0.1, 0.15) is 19.3 Å². The van der Waals surface area contributed by atoms with E-state index < -0.39 is 10.0 Å². The van der Waals surface area contributed by atoms with E-state index in [4.69, 9.17) is 9.47 Å².